The van der Waals surface area contributed by atoms with E-state index in [4.69, 9.17) is 4.74 Å². The Morgan fingerprint density at radius 3 is 2.71 bits per heavy atom. The van der Waals surface area contributed by atoms with Crippen LogP contribution in [0.3, 0.4) is 0 Å². The smallest absolute Gasteiger partial charge is 0.262 e. The zero-order chi connectivity index (χ0) is 16.7. The molecule has 1 saturated heterocycles. The molecule has 3 heterocycles. The molecule has 3 aromatic rings. The van der Waals surface area contributed by atoms with Crippen molar-refractivity contribution in [2.75, 3.05) is 19.8 Å². The Labute approximate surface area is 143 Å². The number of aliphatic hydroxyl groups excluding tert-OH is 1. The summed E-state index contributed by atoms with van der Waals surface area (Å²) >= 11 is 1.54. The Hall–Kier alpha value is -2.02. The van der Waals surface area contributed by atoms with Gasteiger partial charge in [-0.2, -0.15) is 0 Å². The molecule has 1 N–H and O–H groups in total. The van der Waals surface area contributed by atoms with E-state index < -0.39 is 0 Å². The molecule has 0 saturated carbocycles. The number of nitrogens with zero attached hydrogens (tertiary/aromatic N) is 2. The molecule has 0 atom stereocenters. The number of rotatable bonds is 4. The van der Waals surface area contributed by atoms with E-state index in [0.29, 0.717) is 25.1 Å². The number of thiophene rings is 1. The zero-order valence-electron chi connectivity index (χ0n) is 13.4. The van der Waals surface area contributed by atoms with Gasteiger partial charge >= 0.3 is 0 Å². The van der Waals surface area contributed by atoms with Gasteiger partial charge in [-0.1, -0.05) is 30.3 Å². The number of hydrogen-bond donors (Lipinski definition) is 1. The molecule has 2 aromatic heterocycles. The van der Waals surface area contributed by atoms with Crippen LogP contribution in [-0.2, 0) is 11.3 Å². The first-order chi connectivity index (χ1) is 11.6. The molecule has 0 amide bonds. The summed E-state index contributed by atoms with van der Waals surface area (Å²) in [5.74, 6) is 0. The fourth-order valence-corrected chi connectivity index (χ4v) is 4.27. The largest absolute Gasteiger partial charge is 0.396 e. The van der Waals surface area contributed by atoms with Crippen molar-refractivity contribution >= 4 is 21.6 Å². The van der Waals surface area contributed by atoms with Crippen molar-refractivity contribution in [1.29, 1.82) is 0 Å². The van der Waals surface area contributed by atoms with Gasteiger partial charge in [-0.15, -0.1) is 11.3 Å². The molecule has 0 unspecified atom stereocenters. The van der Waals surface area contributed by atoms with Crippen LogP contribution in [0.4, 0.5) is 0 Å². The highest BCUT2D eigenvalue weighted by molar-refractivity contribution is 7.22. The van der Waals surface area contributed by atoms with Crippen molar-refractivity contribution in [3.8, 4) is 10.4 Å². The number of fused-ring (bicyclic) bond motifs is 1. The van der Waals surface area contributed by atoms with Crippen LogP contribution in [-0.4, -0.2) is 34.5 Å². The van der Waals surface area contributed by atoms with Gasteiger partial charge < -0.3 is 9.84 Å². The highest BCUT2D eigenvalue weighted by atomic mass is 32.1. The van der Waals surface area contributed by atoms with Gasteiger partial charge in [-0.25, -0.2) is 4.98 Å². The number of benzene rings is 1. The average Bonchev–Trinajstić information content (AvgIpc) is 2.91. The third-order valence-electron chi connectivity index (χ3n) is 4.61. The number of ether oxygens (including phenoxy) is 1. The maximum atomic E-state index is 12.9. The number of aromatic nitrogens is 2. The molecule has 1 aliphatic heterocycles. The van der Waals surface area contributed by atoms with Gasteiger partial charge in [0.25, 0.3) is 5.56 Å². The molecule has 6 heteroatoms. The fourth-order valence-electron chi connectivity index (χ4n) is 3.12. The normalized spacial score (nSPS) is 16.2. The monoisotopic (exact) mass is 342 g/mol. The molecule has 1 aromatic carbocycles. The van der Waals surface area contributed by atoms with Gasteiger partial charge in [0, 0.05) is 11.4 Å². The molecule has 0 radical (unpaired) electrons. The summed E-state index contributed by atoms with van der Waals surface area (Å²) in [6.45, 7) is 3.37. The van der Waals surface area contributed by atoms with Gasteiger partial charge in [0.05, 0.1) is 36.9 Å². The van der Waals surface area contributed by atoms with E-state index in [1.165, 1.54) is 0 Å². The molecular weight excluding hydrogens is 324 g/mol. The molecule has 5 nitrogen and oxygen atoms in total. The van der Waals surface area contributed by atoms with Crippen LogP contribution in [0.5, 0.6) is 0 Å². The summed E-state index contributed by atoms with van der Waals surface area (Å²) in [7, 11) is 0. The number of aryl methyl sites for hydroxylation is 1. The quantitative estimate of drug-likeness (QED) is 0.791. The van der Waals surface area contributed by atoms with Crippen LogP contribution in [0.15, 0.2) is 41.5 Å². The minimum Gasteiger partial charge on any atom is -0.396 e. The number of hydrogen-bond acceptors (Lipinski definition) is 5. The lowest BCUT2D eigenvalue weighted by molar-refractivity contribution is -0.145. The van der Waals surface area contributed by atoms with Crippen molar-refractivity contribution in [2.24, 2.45) is 5.41 Å². The number of aliphatic hydroxyl groups is 1. The minimum absolute atomic E-state index is 0.00929. The van der Waals surface area contributed by atoms with Gasteiger partial charge in [0.2, 0.25) is 0 Å². The lowest BCUT2D eigenvalue weighted by Crippen LogP contribution is -2.50. The summed E-state index contributed by atoms with van der Waals surface area (Å²) < 4.78 is 6.83. The van der Waals surface area contributed by atoms with Crippen molar-refractivity contribution < 1.29 is 9.84 Å². The third kappa shape index (κ3) is 2.38. The molecule has 1 fully saturated rings. The molecular formula is C18H18N2O3S. The predicted octanol–water partition coefficient (Wildman–Crippen LogP) is 2.44. The summed E-state index contributed by atoms with van der Waals surface area (Å²) in [5.41, 5.74) is 1.67. The van der Waals surface area contributed by atoms with Crippen molar-refractivity contribution in [3.63, 3.8) is 0 Å². The van der Waals surface area contributed by atoms with Crippen LogP contribution in [0, 0.1) is 12.3 Å². The second-order valence-corrected chi connectivity index (χ2v) is 7.43. The summed E-state index contributed by atoms with van der Waals surface area (Å²) in [4.78, 5) is 19.3. The van der Waals surface area contributed by atoms with E-state index in [0.717, 1.165) is 20.8 Å². The molecule has 124 valence electrons. The lowest BCUT2D eigenvalue weighted by Gasteiger charge is -2.39. The lowest BCUT2D eigenvalue weighted by atomic mass is 9.87. The maximum Gasteiger partial charge on any atom is 0.262 e. The first-order valence-corrected chi connectivity index (χ1v) is 8.68. The Morgan fingerprint density at radius 2 is 2.08 bits per heavy atom. The van der Waals surface area contributed by atoms with Crippen LogP contribution >= 0.6 is 11.3 Å². The van der Waals surface area contributed by atoms with Crippen molar-refractivity contribution in [3.05, 3.63) is 52.6 Å². The van der Waals surface area contributed by atoms with Gasteiger partial charge in [0.15, 0.2) is 0 Å². The van der Waals surface area contributed by atoms with Crippen LogP contribution in [0.25, 0.3) is 20.7 Å². The van der Waals surface area contributed by atoms with E-state index in [1.807, 2.05) is 37.3 Å². The predicted molar refractivity (Wildman–Crippen MR) is 94.4 cm³/mol. The molecule has 4 rings (SSSR count). The summed E-state index contributed by atoms with van der Waals surface area (Å²) in [5, 5.41) is 10.3. The first kappa shape index (κ1) is 15.5. The van der Waals surface area contributed by atoms with E-state index in [1.54, 1.807) is 22.2 Å². The molecule has 0 bridgehead atoms. The summed E-state index contributed by atoms with van der Waals surface area (Å²) in [6, 6.07) is 10.1. The summed E-state index contributed by atoms with van der Waals surface area (Å²) in [6.07, 6.45) is 1.59. The minimum atomic E-state index is -0.356. The first-order valence-electron chi connectivity index (χ1n) is 7.86. The Kier molecular flexibility index (Phi) is 3.75. The van der Waals surface area contributed by atoms with E-state index in [-0.39, 0.29) is 17.6 Å². The van der Waals surface area contributed by atoms with E-state index >= 15 is 0 Å². The maximum absolute atomic E-state index is 12.9. The topological polar surface area (TPSA) is 64.3 Å². The van der Waals surface area contributed by atoms with Gasteiger partial charge in [-0.3, -0.25) is 9.36 Å². The second kappa shape index (κ2) is 5.81. The van der Waals surface area contributed by atoms with Crippen molar-refractivity contribution in [1.82, 2.24) is 9.55 Å². The standard InChI is InChI=1S/C18H18N2O3S/c1-12-14-16(24-15(12)13-5-3-2-4-6-13)19-11-20(17(14)22)7-18(8-21)9-23-10-18/h2-6,11,21H,7-10H2,1H3. The fraction of sp³-hybridized carbons (Fsp3) is 0.333. The third-order valence-corrected chi connectivity index (χ3v) is 5.86. The molecule has 0 spiro atoms. The van der Waals surface area contributed by atoms with E-state index in [2.05, 4.69) is 4.98 Å². The second-order valence-electron chi connectivity index (χ2n) is 6.43. The SMILES string of the molecule is Cc1c(-c2ccccc2)sc2ncn(CC3(CO)COC3)c(=O)c12. The van der Waals surface area contributed by atoms with Crippen LogP contribution in [0.2, 0.25) is 0 Å². The Morgan fingerprint density at radius 1 is 1.33 bits per heavy atom. The van der Waals surface area contributed by atoms with Gasteiger partial charge in [-0.05, 0) is 18.1 Å². The molecule has 1 aliphatic rings. The molecule has 0 aliphatic carbocycles. The highest BCUT2D eigenvalue weighted by Crippen LogP contribution is 2.35. The zero-order valence-corrected chi connectivity index (χ0v) is 14.2. The van der Waals surface area contributed by atoms with Crippen LogP contribution < -0.4 is 5.56 Å². The highest BCUT2D eigenvalue weighted by Gasteiger charge is 2.39. The molecule has 24 heavy (non-hydrogen) atoms. The Bertz CT molecular complexity index is 937. The van der Waals surface area contributed by atoms with Gasteiger partial charge in [0.1, 0.15) is 4.83 Å². The average molecular weight is 342 g/mol. The van der Waals surface area contributed by atoms with Crippen molar-refractivity contribution in [2.45, 2.75) is 13.5 Å². The van der Waals surface area contributed by atoms with E-state index in [9.17, 15) is 9.90 Å². The van der Waals surface area contributed by atoms with Crippen LogP contribution in [0.1, 0.15) is 5.56 Å². The Balaban J connectivity index is 1.82.